The maximum atomic E-state index is 15.6. The van der Waals surface area contributed by atoms with Crippen molar-refractivity contribution in [1.82, 2.24) is 19.5 Å². The molecule has 1 saturated carbocycles. The van der Waals surface area contributed by atoms with Crippen LogP contribution < -0.4 is 4.74 Å². The minimum absolute atomic E-state index is 0.0358. The minimum atomic E-state index is -1.07. The van der Waals surface area contributed by atoms with Gasteiger partial charge in [-0.25, -0.2) is 32.9 Å². The van der Waals surface area contributed by atoms with E-state index in [9.17, 15) is 14.3 Å². The minimum Gasteiger partial charge on any atom is -0.478 e. The fourth-order valence-electron chi connectivity index (χ4n) is 5.92. The van der Waals surface area contributed by atoms with Gasteiger partial charge in [0.05, 0.1) is 41.1 Å². The number of carbonyl (C=O) groups is 1. The smallest absolute Gasteiger partial charge is 0.335 e. The third kappa shape index (κ3) is 6.27. The maximum absolute atomic E-state index is 15.6. The van der Waals surface area contributed by atoms with E-state index in [0.717, 1.165) is 31.4 Å². The van der Waals surface area contributed by atoms with Crippen molar-refractivity contribution < 1.29 is 37.0 Å². The fourth-order valence-corrected chi connectivity index (χ4v) is 5.92. The van der Waals surface area contributed by atoms with E-state index in [0.29, 0.717) is 53.1 Å². The van der Waals surface area contributed by atoms with Gasteiger partial charge in [-0.05, 0) is 67.3 Å². The number of hydrogen-bond donors (Lipinski definition) is 1. The van der Waals surface area contributed by atoms with E-state index in [-0.39, 0.29) is 53.0 Å². The fraction of sp³-hybridized carbons (Fsp3) is 0.243. The van der Waals surface area contributed by atoms with Gasteiger partial charge >= 0.3 is 5.97 Å². The van der Waals surface area contributed by atoms with Crippen molar-refractivity contribution in [2.75, 3.05) is 6.61 Å². The van der Waals surface area contributed by atoms with Crippen LogP contribution in [0.2, 0.25) is 0 Å². The Morgan fingerprint density at radius 3 is 2.53 bits per heavy atom. The lowest BCUT2D eigenvalue weighted by atomic mass is 10.0. The number of rotatable bonds is 11. The highest BCUT2D eigenvalue weighted by Gasteiger charge is 2.29. The van der Waals surface area contributed by atoms with Gasteiger partial charge in [-0.2, -0.15) is 0 Å². The second kappa shape index (κ2) is 12.5. The molecule has 1 aliphatic carbocycles. The number of pyridine rings is 1. The molecule has 0 spiro atoms. The summed E-state index contributed by atoms with van der Waals surface area (Å²) in [7, 11) is 0. The molecule has 0 bridgehead atoms. The van der Waals surface area contributed by atoms with Gasteiger partial charge in [-0.15, -0.1) is 0 Å². The first-order valence-electron chi connectivity index (χ1n) is 16.0. The van der Waals surface area contributed by atoms with E-state index >= 15 is 8.78 Å². The summed E-state index contributed by atoms with van der Waals surface area (Å²) in [5.41, 5.74) is 2.23. The Kier molecular flexibility index (Phi) is 7.87. The normalized spacial score (nSPS) is 15.8. The molecular formula is C37H29F3N4O5. The van der Waals surface area contributed by atoms with Crippen molar-refractivity contribution in [2.24, 2.45) is 0 Å². The number of carboxylic acids is 1. The van der Waals surface area contributed by atoms with Crippen LogP contribution in [0.5, 0.6) is 5.88 Å². The van der Waals surface area contributed by atoms with Crippen LogP contribution in [0.1, 0.15) is 58.4 Å². The number of carboxylic acid groups (broad SMARTS) is 1. The molecule has 1 atom stereocenters. The highest BCUT2D eigenvalue weighted by Crippen LogP contribution is 2.40. The Balaban J connectivity index is 1.000. The molecule has 49 heavy (non-hydrogen) atoms. The van der Waals surface area contributed by atoms with Gasteiger partial charge in [-0.1, -0.05) is 18.2 Å². The van der Waals surface area contributed by atoms with Gasteiger partial charge in [0.2, 0.25) is 5.88 Å². The van der Waals surface area contributed by atoms with Crippen molar-refractivity contribution >= 4 is 17.0 Å². The average Bonchev–Trinajstić information content (AvgIpc) is 3.70. The second-order valence-electron chi connectivity index (χ2n) is 12.3. The Morgan fingerprint density at radius 2 is 1.78 bits per heavy atom. The third-order valence-corrected chi connectivity index (χ3v) is 8.90. The summed E-state index contributed by atoms with van der Waals surface area (Å²) in [4.78, 5) is 24.9. The number of aromatic carboxylic acids is 1. The monoisotopic (exact) mass is 666 g/mol. The summed E-state index contributed by atoms with van der Waals surface area (Å²) in [6, 6.07) is 16.2. The van der Waals surface area contributed by atoms with Gasteiger partial charge in [0.25, 0.3) is 0 Å². The number of aromatic nitrogens is 4. The summed E-state index contributed by atoms with van der Waals surface area (Å²) in [5.74, 6) is -0.827. The van der Waals surface area contributed by atoms with Crippen LogP contribution in [-0.2, 0) is 24.3 Å². The second-order valence-corrected chi connectivity index (χ2v) is 12.3. The molecule has 1 N–H and O–H groups in total. The van der Waals surface area contributed by atoms with Crippen molar-refractivity contribution in [1.29, 1.82) is 0 Å². The molecule has 8 rings (SSSR count). The number of fused-ring (bicyclic) bond motifs is 1. The molecule has 4 heterocycles. The van der Waals surface area contributed by atoms with E-state index < -0.39 is 23.4 Å². The highest BCUT2D eigenvalue weighted by molar-refractivity contribution is 5.92. The van der Waals surface area contributed by atoms with Gasteiger partial charge in [0, 0.05) is 41.7 Å². The molecule has 248 valence electrons. The van der Waals surface area contributed by atoms with Crippen LogP contribution in [0.15, 0.2) is 77.3 Å². The molecule has 1 aliphatic heterocycles. The van der Waals surface area contributed by atoms with E-state index in [4.69, 9.17) is 13.9 Å². The molecule has 2 fully saturated rings. The highest BCUT2D eigenvalue weighted by atomic mass is 19.1. The number of oxazole rings is 1. The Labute approximate surface area is 278 Å². The molecule has 12 heteroatoms. The number of nitrogens with zero attached hydrogens (tertiary/aromatic N) is 4. The van der Waals surface area contributed by atoms with E-state index in [1.165, 1.54) is 24.3 Å². The summed E-state index contributed by atoms with van der Waals surface area (Å²) in [6.45, 7) is 0.900. The zero-order chi connectivity index (χ0) is 33.6. The number of ether oxygens (including phenoxy) is 2. The van der Waals surface area contributed by atoms with Crippen LogP contribution in [-0.4, -0.2) is 43.3 Å². The van der Waals surface area contributed by atoms with Crippen LogP contribution >= 0.6 is 0 Å². The van der Waals surface area contributed by atoms with Gasteiger partial charge in [-0.3, -0.25) is 0 Å². The lowest BCUT2D eigenvalue weighted by Gasteiger charge is -2.27. The molecule has 0 unspecified atom stereocenters. The van der Waals surface area contributed by atoms with Crippen LogP contribution in [0.25, 0.3) is 33.6 Å². The van der Waals surface area contributed by atoms with Crippen LogP contribution in [0.4, 0.5) is 13.2 Å². The van der Waals surface area contributed by atoms with Crippen molar-refractivity contribution in [3.63, 3.8) is 0 Å². The summed E-state index contributed by atoms with van der Waals surface area (Å²) >= 11 is 0. The number of halogens is 3. The quantitative estimate of drug-likeness (QED) is 0.150. The van der Waals surface area contributed by atoms with Gasteiger partial charge in [0.15, 0.2) is 11.7 Å². The zero-order valence-electron chi connectivity index (χ0n) is 26.0. The van der Waals surface area contributed by atoms with E-state index in [1.807, 2.05) is 4.57 Å². The number of hydrogen-bond acceptors (Lipinski definition) is 7. The van der Waals surface area contributed by atoms with E-state index in [2.05, 4.69) is 15.0 Å². The number of benzene rings is 3. The van der Waals surface area contributed by atoms with Gasteiger partial charge < -0.3 is 23.6 Å². The predicted molar refractivity (Wildman–Crippen MR) is 172 cm³/mol. The lowest BCUT2D eigenvalue weighted by Crippen LogP contribution is -2.31. The first-order valence-corrected chi connectivity index (χ1v) is 16.0. The SMILES string of the molecule is O=C(O)c1ccc2nc(Cc3cc(F)c(-c4cccc(OCc5ccc(-c6cnc(C7CC7)o6)cc5F)n4)cc3F)n(C[C@@H]3CCO3)c2c1. The standard InChI is InChI=1S/C37H29F3N4O5/c38-27-12-21(33-17-41-36(49-33)20-4-5-20)6-7-23(27)19-48-35-3-1-2-30(43-35)26-16-28(39)24(13-29(26)40)15-34-42-31-9-8-22(37(45)46)14-32(31)44(34)18-25-10-11-47-25/h1-3,6-9,12-14,16-17,20,25H,4-5,10-11,15,18-19H2,(H,45,46)/t25-/m0/s1. The first kappa shape index (κ1) is 30.8. The van der Waals surface area contributed by atoms with Gasteiger partial charge in [0.1, 0.15) is 29.9 Å². The average molecular weight is 667 g/mol. The molecule has 1 saturated heterocycles. The largest absolute Gasteiger partial charge is 0.478 e. The van der Waals surface area contributed by atoms with Crippen LogP contribution in [0, 0.1) is 17.5 Å². The van der Waals surface area contributed by atoms with Crippen LogP contribution in [0.3, 0.4) is 0 Å². The third-order valence-electron chi connectivity index (χ3n) is 8.90. The molecule has 0 radical (unpaired) electrons. The Hall–Kier alpha value is -5.49. The zero-order valence-corrected chi connectivity index (χ0v) is 26.0. The van der Waals surface area contributed by atoms with Crippen molar-refractivity contribution in [3.05, 3.63) is 119 Å². The lowest BCUT2D eigenvalue weighted by molar-refractivity contribution is -0.0589. The summed E-state index contributed by atoms with van der Waals surface area (Å²) in [5, 5.41) is 9.50. The van der Waals surface area contributed by atoms with Crippen molar-refractivity contribution in [2.45, 2.75) is 50.9 Å². The summed E-state index contributed by atoms with van der Waals surface area (Å²) in [6.07, 6.45) is 4.41. The molecule has 3 aromatic heterocycles. The number of imidazole rings is 1. The molecule has 6 aromatic rings. The molecule has 2 aliphatic rings. The first-order chi connectivity index (χ1) is 23.8. The van der Waals surface area contributed by atoms with Crippen molar-refractivity contribution in [3.8, 4) is 28.5 Å². The molecule has 9 nitrogen and oxygen atoms in total. The topological polar surface area (TPSA) is 113 Å². The maximum Gasteiger partial charge on any atom is 0.335 e. The molecule has 0 amide bonds. The Bertz CT molecular complexity index is 2220. The predicted octanol–water partition coefficient (Wildman–Crippen LogP) is 7.70. The van der Waals surface area contributed by atoms with E-state index in [1.54, 1.807) is 36.5 Å². The Morgan fingerprint density at radius 1 is 0.939 bits per heavy atom. The molecular weight excluding hydrogens is 637 g/mol. The molecule has 3 aromatic carbocycles. The summed E-state index contributed by atoms with van der Waals surface area (Å²) < 4.78 is 65.1.